The Labute approximate surface area is 106 Å². The third-order valence-electron chi connectivity index (χ3n) is 1.79. The standard InChI is InChI=1S/C10H17NO6S/c1-4-18(14,15)11-8(2)7-17-10(13)6-5-9(12)16-3/h5-6,8,11H,4,7H2,1-3H3/b6-5+. The molecule has 0 aromatic rings. The zero-order valence-electron chi connectivity index (χ0n) is 10.5. The van der Waals surface area contributed by atoms with E-state index in [1.807, 2.05) is 0 Å². The number of sulfonamides is 1. The van der Waals surface area contributed by atoms with Crippen LogP contribution in [0.4, 0.5) is 0 Å². The Balaban J connectivity index is 4.07. The van der Waals surface area contributed by atoms with Gasteiger partial charge >= 0.3 is 11.9 Å². The Hall–Kier alpha value is -1.41. The summed E-state index contributed by atoms with van der Waals surface area (Å²) in [5.41, 5.74) is 0. The second kappa shape index (κ2) is 7.83. The summed E-state index contributed by atoms with van der Waals surface area (Å²) in [6, 6.07) is -0.537. The molecule has 18 heavy (non-hydrogen) atoms. The Bertz CT molecular complexity index is 414. The summed E-state index contributed by atoms with van der Waals surface area (Å²) in [6.45, 7) is 2.94. The Morgan fingerprint density at radius 3 is 2.33 bits per heavy atom. The minimum atomic E-state index is -3.33. The average Bonchev–Trinajstić information content (AvgIpc) is 2.32. The minimum Gasteiger partial charge on any atom is -0.466 e. The summed E-state index contributed by atoms with van der Waals surface area (Å²) in [6.07, 6.45) is 1.83. The van der Waals surface area contributed by atoms with Crippen molar-refractivity contribution in [1.82, 2.24) is 4.72 Å². The first kappa shape index (κ1) is 16.6. The van der Waals surface area contributed by atoms with Gasteiger partial charge in [-0.05, 0) is 13.8 Å². The van der Waals surface area contributed by atoms with Crippen LogP contribution >= 0.6 is 0 Å². The van der Waals surface area contributed by atoms with E-state index in [2.05, 4.69) is 9.46 Å². The minimum absolute atomic E-state index is 0.0481. The van der Waals surface area contributed by atoms with Crippen molar-refractivity contribution in [3.63, 3.8) is 0 Å². The first-order chi connectivity index (χ1) is 8.30. The van der Waals surface area contributed by atoms with Gasteiger partial charge in [0.2, 0.25) is 10.0 Å². The molecule has 0 aliphatic carbocycles. The number of esters is 2. The lowest BCUT2D eigenvalue weighted by Crippen LogP contribution is -2.37. The fraction of sp³-hybridized carbons (Fsp3) is 0.600. The van der Waals surface area contributed by atoms with Crippen LogP contribution in [0.15, 0.2) is 12.2 Å². The molecule has 1 atom stereocenters. The molecule has 0 saturated heterocycles. The van der Waals surface area contributed by atoms with Crippen molar-refractivity contribution in [2.75, 3.05) is 19.5 Å². The molecule has 0 bridgehead atoms. The molecule has 0 amide bonds. The molecule has 1 N–H and O–H groups in total. The van der Waals surface area contributed by atoms with E-state index in [0.717, 1.165) is 12.2 Å². The van der Waals surface area contributed by atoms with Gasteiger partial charge in [0, 0.05) is 12.2 Å². The predicted octanol–water partition coefficient (Wildman–Crippen LogP) is -0.413. The predicted molar refractivity (Wildman–Crippen MR) is 64.2 cm³/mol. The van der Waals surface area contributed by atoms with Crippen LogP contribution in [0.5, 0.6) is 0 Å². The maximum Gasteiger partial charge on any atom is 0.331 e. The molecule has 0 aromatic heterocycles. The zero-order chi connectivity index (χ0) is 14.2. The van der Waals surface area contributed by atoms with Gasteiger partial charge in [-0.2, -0.15) is 0 Å². The van der Waals surface area contributed by atoms with Crippen LogP contribution in [0, 0.1) is 0 Å². The van der Waals surface area contributed by atoms with E-state index in [1.165, 1.54) is 14.0 Å². The number of rotatable bonds is 7. The average molecular weight is 279 g/mol. The van der Waals surface area contributed by atoms with Crippen LogP contribution in [-0.2, 0) is 29.1 Å². The molecule has 0 aromatic carbocycles. The van der Waals surface area contributed by atoms with Gasteiger partial charge in [0.05, 0.1) is 18.9 Å². The normalized spacial score (nSPS) is 13.3. The summed E-state index contributed by atoms with van der Waals surface area (Å²) in [7, 11) is -2.15. The molecule has 0 spiro atoms. The molecule has 7 nitrogen and oxygen atoms in total. The van der Waals surface area contributed by atoms with Gasteiger partial charge in [0.25, 0.3) is 0 Å². The molecule has 8 heteroatoms. The maximum absolute atomic E-state index is 11.2. The quantitative estimate of drug-likeness (QED) is 0.502. The van der Waals surface area contributed by atoms with E-state index in [1.54, 1.807) is 6.92 Å². The van der Waals surface area contributed by atoms with Crippen molar-refractivity contribution in [3.8, 4) is 0 Å². The molecular formula is C10H17NO6S. The van der Waals surface area contributed by atoms with E-state index >= 15 is 0 Å². The lowest BCUT2D eigenvalue weighted by atomic mass is 10.4. The first-order valence-corrected chi connectivity index (χ1v) is 6.88. The number of carbonyl (C=O) groups is 2. The number of carbonyl (C=O) groups excluding carboxylic acids is 2. The second-order valence-corrected chi connectivity index (χ2v) is 5.45. The molecule has 1 unspecified atom stereocenters. The van der Waals surface area contributed by atoms with Crippen molar-refractivity contribution in [2.45, 2.75) is 19.9 Å². The van der Waals surface area contributed by atoms with Crippen LogP contribution in [0.2, 0.25) is 0 Å². The van der Waals surface area contributed by atoms with E-state index < -0.39 is 28.0 Å². The summed E-state index contributed by atoms with van der Waals surface area (Å²) in [4.78, 5) is 21.8. The Morgan fingerprint density at radius 1 is 1.28 bits per heavy atom. The van der Waals surface area contributed by atoms with Crippen LogP contribution < -0.4 is 4.72 Å². The lowest BCUT2D eigenvalue weighted by molar-refractivity contribution is -0.139. The van der Waals surface area contributed by atoms with Gasteiger partial charge < -0.3 is 9.47 Å². The molecule has 0 radical (unpaired) electrons. The summed E-state index contributed by atoms with van der Waals surface area (Å²) < 4.78 is 33.7. The van der Waals surface area contributed by atoms with Gasteiger partial charge in [-0.3, -0.25) is 0 Å². The molecule has 0 heterocycles. The highest BCUT2D eigenvalue weighted by Gasteiger charge is 2.13. The number of methoxy groups -OCH3 is 1. The largest absolute Gasteiger partial charge is 0.466 e. The molecule has 0 rings (SSSR count). The summed E-state index contributed by atoms with van der Waals surface area (Å²) >= 11 is 0. The maximum atomic E-state index is 11.2. The van der Waals surface area contributed by atoms with Crippen LogP contribution in [0.25, 0.3) is 0 Å². The van der Waals surface area contributed by atoms with Gasteiger partial charge in [0.1, 0.15) is 6.61 Å². The van der Waals surface area contributed by atoms with Gasteiger partial charge in [0.15, 0.2) is 0 Å². The van der Waals surface area contributed by atoms with Gasteiger partial charge in [-0.15, -0.1) is 0 Å². The fourth-order valence-electron chi connectivity index (χ4n) is 0.883. The van der Waals surface area contributed by atoms with Crippen molar-refractivity contribution < 1.29 is 27.5 Å². The second-order valence-electron chi connectivity index (χ2n) is 3.41. The third-order valence-corrected chi connectivity index (χ3v) is 3.31. The highest BCUT2D eigenvalue weighted by atomic mass is 32.2. The molecule has 0 fully saturated rings. The van der Waals surface area contributed by atoms with Crippen LogP contribution in [0.1, 0.15) is 13.8 Å². The number of hydrogen-bond donors (Lipinski definition) is 1. The fourth-order valence-corrected chi connectivity index (χ4v) is 1.73. The van der Waals surface area contributed by atoms with Crippen molar-refractivity contribution in [3.05, 3.63) is 12.2 Å². The summed E-state index contributed by atoms with van der Waals surface area (Å²) in [5.74, 6) is -1.47. The van der Waals surface area contributed by atoms with Gasteiger partial charge in [-0.25, -0.2) is 22.7 Å². The van der Waals surface area contributed by atoms with E-state index in [-0.39, 0.29) is 12.4 Å². The van der Waals surface area contributed by atoms with E-state index in [4.69, 9.17) is 4.74 Å². The number of ether oxygens (including phenoxy) is 2. The van der Waals surface area contributed by atoms with Crippen molar-refractivity contribution >= 4 is 22.0 Å². The van der Waals surface area contributed by atoms with Crippen molar-refractivity contribution in [2.24, 2.45) is 0 Å². The number of nitrogens with one attached hydrogen (secondary N) is 1. The monoisotopic (exact) mass is 279 g/mol. The highest BCUT2D eigenvalue weighted by molar-refractivity contribution is 7.89. The molecule has 0 aliphatic rings. The molecule has 0 saturated carbocycles. The topological polar surface area (TPSA) is 98.8 Å². The Kier molecular flexibility index (Phi) is 7.21. The first-order valence-electron chi connectivity index (χ1n) is 5.23. The lowest BCUT2D eigenvalue weighted by Gasteiger charge is -2.12. The molecule has 0 aliphatic heterocycles. The smallest absolute Gasteiger partial charge is 0.331 e. The molecule has 104 valence electrons. The van der Waals surface area contributed by atoms with Crippen molar-refractivity contribution in [1.29, 1.82) is 0 Å². The zero-order valence-corrected chi connectivity index (χ0v) is 11.3. The highest BCUT2D eigenvalue weighted by Crippen LogP contribution is 1.92. The molecular weight excluding hydrogens is 262 g/mol. The third kappa shape index (κ3) is 7.80. The Morgan fingerprint density at radius 2 is 1.83 bits per heavy atom. The summed E-state index contributed by atoms with van der Waals surface area (Å²) in [5, 5.41) is 0. The SMILES string of the molecule is CCS(=O)(=O)NC(C)COC(=O)/C=C/C(=O)OC. The van der Waals surface area contributed by atoms with E-state index in [9.17, 15) is 18.0 Å². The van der Waals surface area contributed by atoms with Gasteiger partial charge in [-0.1, -0.05) is 0 Å². The van der Waals surface area contributed by atoms with E-state index in [0.29, 0.717) is 0 Å². The van der Waals surface area contributed by atoms with Crippen LogP contribution in [-0.4, -0.2) is 45.9 Å². The van der Waals surface area contributed by atoms with Crippen LogP contribution in [0.3, 0.4) is 0 Å². The number of hydrogen-bond acceptors (Lipinski definition) is 6.